The summed E-state index contributed by atoms with van der Waals surface area (Å²) in [6, 6.07) is 7.79. The van der Waals surface area contributed by atoms with E-state index in [1.165, 1.54) is 0 Å². The largest absolute Gasteiger partial charge is 0.384 e. The van der Waals surface area contributed by atoms with Crippen molar-refractivity contribution in [3.8, 4) is 0 Å². The van der Waals surface area contributed by atoms with Gasteiger partial charge in [0.15, 0.2) is 0 Å². The van der Waals surface area contributed by atoms with Crippen molar-refractivity contribution >= 4 is 15.9 Å². The van der Waals surface area contributed by atoms with Crippen molar-refractivity contribution in [3.05, 3.63) is 34.3 Å². The number of rotatable bonds is 5. The van der Waals surface area contributed by atoms with E-state index >= 15 is 0 Å². The molecule has 0 saturated carbocycles. The second-order valence-electron chi connectivity index (χ2n) is 4.78. The maximum atomic E-state index is 10.4. The normalized spacial score (nSPS) is 15.1. The highest BCUT2D eigenvalue weighted by molar-refractivity contribution is 9.10. The third kappa shape index (κ3) is 3.89. The van der Waals surface area contributed by atoms with Gasteiger partial charge in [0.1, 0.15) is 5.60 Å². The number of hydrogen-bond donors (Lipinski definition) is 2. The quantitative estimate of drug-likeness (QED) is 0.872. The number of hydrogen-bond acceptors (Lipinski definition) is 2. The molecule has 1 rings (SSSR count). The van der Waals surface area contributed by atoms with Gasteiger partial charge in [-0.1, -0.05) is 48.0 Å². The summed E-state index contributed by atoms with van der Waals surface area (Å²) in [5, 5.41) is 13.7. The second kappa shape index (κ2) is 5.80. The van der Waals surface area contributed by atoms with E-state index in [0.717, 1.165) is 16.6 Å². The molecule has 0 aliphatic heterocycles. The Kier molecular flexibility index (Phi) is 4.96. The summed E-state index contributed by atoms with van der Waals surface area (Å²) < 4.78 is 0.950. The second-order valence-corrected chi connectivity index (χ2v) is 5.63. The molecule has 2 nitrogen and oxygen atoms in total. The first-order valence-corrected chi connectivity index (χ1v) is 6.41. The molecule has 0 heterocycles. The smallest absolute Gasteiger partial charge is 0.100 e. The fraction of sp³-hybridized carbons (Fsp3) is 0.538. The van der Waals surface area contributed by atoms with Crippen molar-refractivity contribution in [1.29, 1.82) is 0 Å². The molecule has 0 aliphatic carbocycles. The molecule has 0 radical (unpaired) electrons. The lowest BCUT2D eigenvalue weighted by Gasteiger charge is -2.26. The van der Waals surface area contributed by atoms with Crippen LogP contribution in [0.4, 0.5) is 0 Å². The Labute approximate surface area is 106 Å². The highest BCUT2D eigenvalue weighted by Gasteiger charge is 2.24. The van der Waals surface area contributed by atoms with E-state index in [0.29, 0.717) is 12.5 Å². The van der Waals surface area contributed by atoms with Crippen LogP contribution in [0, 0.1) is 5.92 Å². The van der Waals surface area contributed by atoms with Gasteiger partial charge >= 0.3 is 0 Å². The molecule has 0 aromatic heterocycles. The van der Waals surface area contributed by atoms with E-state index in [2.05, 4.69) is 35.1 Å². The van der Waals surface area contributed by atoms with E-state index < -0.39 is 5.60 Å². The lowest BCUT2D eigenvalue weighted by molar-refractivity contribution is 0.0557. The lowest BCUT2D eigenvalue weighted by atomic mass is 9.96. The summed E-state index contributed by atoms with van der Waals surface area (Å²) >= 11 is 3.47. The summed E-state index contributed by atoms with van der Waals surface area (Å²) in [5.41, 5.74) is 0.0841. The molecular formula is C13H20BrNO. The molecule has 0 fully saturated rings. The van der Waals surface area contributed by atoms with Crippen LogP contribution >= 0.6 is 15.9 Å². The molecule has 1 aromatic carbocycles. The molecule has 16 heavy (non-hydrogen) atoms. The van der Waals surface area contributed by atoms with Crippen molar-refractivity contribution < 1.29 is 5.11 Å². The number of halogens is 1. The third-order valence-corrected chi connectivity index (χ3v) is 3.17. The van der Waals surface area contributed by atoms with Crippen molar-refractivity contribution in [2.75, 3.05) is 13.1 Å². The zero-order valence-corrected chi connectivity index (χ0v) is 11.7. The van der Waals surface area contributed by atoms with E-state index in [1.807, 2.05) is 31.2 Å². The van der Waals surface area contributed by atoms with Gasteiger partial charge < -0.3 is 10.4 Å². The molecule has 0 aliphatic rings. The summed E-state index contributed by atoms with van der Waals surface area (Å²) in [4.78, 5) is 0. The minimum absolute atomic E-state index is 0.563. The lowest BCUT2D eigenvalue weighted by Crippen LogP contribution is -2.37. The van der Waals surface area contributed by atoms with Crippen LogP contribution in [0.15, 0.2) is 28.7 Å². The number of nitrogens with one attached hydrogen (secondary N) is 1. The molecule has 3 heteroatoms. The van der Waals surface area contributed by atoms with E-state index in [9.17, 15) is 5.11 Å². The van der Waals surface area contributed by atoms with E-state index in [1.54, 1.807) is 0 Å². The molecular weight excluding hydrogens is 266 g/mol. The average Bonchev–Trinajstić information content (AvgIpc) is 2.17. The monoisotopic (exact) mass is 285 g/mol. The number of benzene rings is 1. The molecule has 1 atom stereocenters. The SMILES string of the molecule is CC(C)CNCC(C)(O)c1ccccc1Br. The summed E-state index contributed by atoms with van der Waals surface area (Å²) in [6.07, 6.45) is 0. The van der Waals surface area contributed by atoms with Gasteiger partial charge in [0.2, 0.25) is 0 Å². The fourth-order valence-electron chi connectivity index (χ4n) is 1.60. The van der Waals surface area contributed by atoms with Crippen LogP contribution in [-0.2, 0) is 5.60 Å². The first-order valence-electron chi connectivity index (χ1n) is 5.61. The molecule has 0 amide bonds. The Bertz CT molecular complexity index is 336. The predicted molar refractivity (Wildman–Crippen MR) is 71.4 cm³/mol. The van der Waals surface area contributed by atoms with Gasteiger partial charge in [0.05, 0.1) is 0 Å². The summed E-state index contributed by atoms with van der Waals surface area (Å²) in [7, 11) is 0. The maximum Gasteiger partial charge on any atom is 0.100 e. The molecule has 1 aromatic rings. The van der Waals surface area contributed by atoms with Crippen LogP contribution in [0.1, 0.15) is 26.3 Å². The molecule has 1 unspecified atom stereocenters. The highest BCUT2D eigenvalue weighted by Crippen LogP contribution is 2.27. The Hall–Kier alpha value is -0.380. The Morgan fingerprint density at radius 3 is 2.56 bits per heavy atom. The topological polar surface area (TPSA) is 32.3 Å². The zero-order valence-electron chi connectivity index (χ0n) is 10.1. The number of aliphatic hydroxyl groups is 1. The maximum absolute atomic E-state index is 10.4. The van der Waals surface area contributed by atoms with E-state index in [4.69, 9.17) is 0 Å². The van der Waals surface area contributed by atoms with E-state index in [-0.39, 0.29) is 0 Å². The Morgan fingerprint density at radius 1 is 1.38 bits per heavy atom. The van der Waals surface area contributed by atoms with Gasteiger partial charge in [0, 0.05) is 11.0 Å². The van der Waals surface area contributed by atoms with Gasteiger partial charge in [-0.05, 0) is 31.0 Å². The Balaban J connectivity index is 2.66. The third-order valence-electron chi connectivity index (χ3n) is 2.48. The van der Waals surface area contributed by atoms with Gasteiger partial charge in [-0.15, -0.1) is 0 Å². The van der Waals surface area contributed by atoms with Crippen LogP contribution < -0.4 is 5.32 Å². The first kappa shape index (κ1) is 13.7. The molecule has 0 bridgehead atoms. The molecule has 0 saturated heterocycles. The highest BCUT2D eigenvalue weighted by atomic mass is 79.9. The van der Waals surface area contributed by atoms with Crippen LogP contribution in [0.5, 0.6) is 0 Å². The minimum Gasteiger partial charge on any atom is -0.384 e. The predicted octanol–water partition coefficient (Wildman–Crippen LogP) is 2.90. The molecule has 2 N–H and O–H groups in total. The standard InChI is InChI=1S/C13H20BrNO/c1-10(2)8-15-9-13(3,16)11-6-4-5-7-12(11)14/h4-7,10,15-16H,8-9H2,1-3H3. The fourth-order valence-corrected chi connectivity index (χ4v) is 2.31. The molecule has 0 spiro atoms. The minimum atomic E-state index is -0.838. The van der Waals surface area contributed by atoms with Crippen molar-refractivity contribution in [2.24, 2.45) is 5.92 Å². The first-order chi connectivity index (χ1) is 7.43. The van der Waals surface area contributed by atoms with Crippen LogP contribution in [0.3, 0.4) is 0 Å². The van der Waals surface area contributed by atoms with Crippen molar-refractivity contribution in [2.45, 2.75) is 26.4 Å². The zero-order chi connectivity index (χ0) is 12.2. The van der Waals surface area contributed by atoms with Crippen LogP contribution in [-0.4, -0.2) is 18.2 Å². The van der Waals surface area contributed by atoms with Gasteiger partial charge in [-0.25, -0.2) is 0 Å². The van der Waals surface area contributed by atoms with Crippen molar-refractivity contribution in [1.82, 2.24) is 5.32 Å². The average molecular weight is 286 g/mol. The summed E-state index contributed by atoms with van der Waals surface area (Å²) in [5.74, 6) is 0.593. The van der Waals surface area contributed by atoms with Crippen LogP contribution in [0.2, 0.25) is 0 Å². The molecule has 90 valence electrons. The van der Waals surface area contributed by atoms with Gasteiger partial charge in [-0.3, -0.25) is 0 Å². The summed E-state index contributed by atoms with van der Waals surface area (Å²) in [6.45, 7) is 7.62. The Morgan fingerprint density at radius 2 is 2.00 bits per heavy atom. The van der Waals surface area contributed by atoms with Gasteiger partial charge in [0.25, 0.3) is 0 Å². The van der Waals surface area contributed by atoms with Crippen LogP contribution in [0.25, 0.3) is 0 Å². The van der Waals surface area contributed by atoms with Crippen molar-refractivity contribution in [3.63, 3.8) is 0 Å². The van der Waals surface area contributed by atoms with Gasteiger partial charge in [-0.2, -0.15) is 0 Å².